The van der Waals surface area contributed by atoms with Crippen LogP contribution in [0.3, 0.4) is 0 Å². The normalized spacial score (nSPS) is 12.5. The van der Waals surface area contributed by atoms with Gasteiger partial charge in [0.2, 0.25) is 0 Å². The predicted molar refractivity (Wildman–Crippen MR) is 83.8 cm³/mol. The Bertz CT molecular complexity index is 775. The highest BCUT2D eigenvalue weighted by Crippen LogP contribution is 2.31. The fraction of sp³-hybridized carbons (Fsp3) is 0.154. The van der Waals surface area contributed by atoms with Crippen LogP contribution in [0.15, 0.2) is 36.7 Å². The third-order valence-corrected chi connectivity index (χ3v) is 4.73. The van der Waals surface area contributed by atoms with Gasteiger partial charge in [-0.15, -0.1) is 11.3 Å². The highest BCUT2D eigenvalue weighted by Gasteiger charge is 2.17. The average Bonchev–Trinajstić information content (AvgIpc) is 3.05. The molecule has 3 heterocycles. The molecule has 0 fully saturated rings. The quantitative estimate of drug-likeness (QED) is 0.730. The minimum atomic E-state index is 0.0712. The molecule has 0 radical (unpaired) electrons. The zero-order chi connectivity index (χ0) is 14.1. The number of thiophene rings is 1. The molecule has 20 heavy (non-hydrogen) atoms. The number of rotatable bonds is 3. The third kappa shape index (κ3) is 2.42. The van der Waals surface area contributed by atoms with Crippen LogP contribution >= 0.6 is 35.2 Å². The maximum absolute atomic E-state index is 6.01. The maximum Gasteiger partial charge on any atom is 0.196 e. The summed E-state index contributed by atoms with van der Waals surface area (Å²) in [6, 6.07) is 7.81. The lowest BCUT2D eigenvalue weighted by Gasteiger charge is -2.14. The van der Waals surface area contributed by atoms with Crippen LogP contribution in [-0.4, -0.2) is 19.7 Å². The van der Waals surface area contributed by atoms with E-state index in [1.807, 2.05) is 28.8 Å². The molecule has 1 N–H and O–H groups in total. The van der Waals surface area contributed by atoms with E-state index in [4.69, 9.17) is 23.8 Å². The fourth-order valence-electron chi connectivity index (χ4n) is 2.05. The van der Waals surface area contributed by atoms with Crippen LogP contribution in [0.2, 0.25) is 4.34 Å². The second-order valence-corrected chi connectivity index (χ2v) is 6.41. The van der Waals surface area contributed by atoms with E-state index >= 15 is 0 Å². The smallest absolute Gasteiger partial charge is 0.196 e. The van der Waals surface area contributed by atoms with Gasteiger partial charge in [-0.1, -0.05) is 11.6 Å². The summed E-state index contributed by atoms with van der Waals surface area (Å²) >= 11 is 12.9. The maximum atomic E-state index is 6.01. The van der Waals surface area contributed by atoms with E-state index < -0.39 is 0 Å². The summed E-state index contributed by atoms with van der Waals surface area (Å²) in [6.07, 6.45) is 3.48. The molecule has 1 atom stereocenters. The first-order valence-electron chi connectivity index (χ1n) is 5.99. The Morgan fingerprint density at radius 1 is 1.30 bits per heavy atom. The predicted octanol–water partition coefficient (Wildman–Crippen LogP) is 4.33. The molecule has 0 spiro atoms. The molecule has 0 aliphatic heterocycles. The van der Waals surface area contributed by atoms with Crippen molar-refractivity contribution in [1.82, 2.24) is 19.7 Å². The summed E-state index contributed by atoms with van der Waals surface area (Å²) in [5.41, 5.74) is 0.974. The summed E-state index contributed by atoms with van der Waals surface area (Å²) in [5.74, 6) is 0.800. The highest BCUT2D eigenvalue weighted by molar-refractivity contribution is 7.71. The Kier molecular flexibility index (Phi) is 3.69. The van der Waals surface area contributed by atoms with Gasteiger partial charge in [0.15, 0.2) is 10.6 Å². The summed E-state index contributed by atoms with van der Waals surface area (Å²) in [5, 5.41) is 7.19. The van der Waals surface area contributed by atoms with Crippen LogP contribution in [0.25, 0.3) is 11.4 Å². The van der Waals surface area contributed by atoms with Crippen molar-refractivity contribution in [1.29, 1.82) is 0 Å². The zero-order valence-electron chi connectivity index (χ0n) is 10.6. The van der Waals surface area contributed by atoms with Gasteiger partial charge in [0.1, 0.15) is 0 Å². The van der Waals surface area contributed by atoms with Crippen molar-refractivity contribution in [3.8, 4) is 11.4 Å². The van der Waals surface area contributed by atoms with Crippen LogP contribution in [0, 0.1) is 4.77 Å². The van der Waals surface area contributed by atoms with E-state index in [0.29, 0.717) is 4.77 Å². The van der Waals surface area contributed by atoms with E-state index in [2.05, 4.69) is 22.1 Å². The van der Waals surface area contributed by atoms with Crippen LogP contribution in [-0.2, 0) is 0 Å². The van der Waals surface area contributed by atoms with Crippen molar-refractivity contribution in [3.05, 3.63) is 50.6 Å². The van der Waals surface area contributed by atoms with Gasteiger partial charge in [0, 0.05) is 22.8 Å². The summed E-state index contributed by atoms with van der Waals surface area (Å²) < 4.78 is 3.36. The van der Waals surface area contributed by atoms with Gasteiger partial charge in [-0.05, 0) is 43.4 Å². The molecule has 0 aliphatic rings. The van der Waals surface area contributed by atoms with Gasteiger partial charge >= 0.3 is 0 Å². The highest BCUT2D eigenvalue weighted by atomic mass is 35.5. The lowest BCUT2D eigenvalue weighted by atomic mass is 10.2. The summed E-state index contributed by atoms with van der Waals surface area (Å²) in [7, 11) is 0. The topological polar surface area (TPSA) is 46.5 Å². The molecule has 0 saturated heterocycles. The molecule has 3 rings (SSSR count). The van der Waals surface area contributed by atoms with Crippen molar-refractivity contribution in [2.45, 2.75) is 13.0 Å². The van der Waals surface area contributed by atoms with E-state index in [0.717, 1.165) is 20.6 Å². The number of halogens is 1. The number of pyridine rings is 1. The van der Waals surface area contributed by atoms with Crippen molar-refractivity contribution >= 4 is 35.2 Å². The first kappa shape index (κ1) is 13.5. The number of aromatic amines is 1. The van der Waals surface area contributed by atoms with Gasteiger partial charge in [0.05, 0.1) is 10.4 Å². The molecular weight excluding hydrogens is 312 g/mol. The van der Waals surface area contributed by atoms with Gasteiger partial charge in [-0.25, -0.2) is 0 Å². The standard InChI is InChI=1S/C13H11ClN4S2/c1-8(10-2-3-11(14)20-10)18-12(16-17-13(18)19)9-4-6-15-7-5-9/h2-8H,1H3,(H,17,19). The molecular formula is C13H11ClN4S2. The summed E-state index contributed by atoms with van der Waals surface area (Å²) in [4.78, 5) is 5.17. The molecule has 102 valence electrons. The number of hydrogen-bond donors (Lipinski definition) is 1. The Morgan fingerprint density at radius 2 is 2.05 bits per heavy atom. The fourth-order valence-corrected chi connectivity index (χ4v) is 3.44. The van der Waals surface area contributed by atoms with Crippen LogP contribution < -0.4 is 0 Å². The largest absolute Gasteiger partial charge is 0.292 e. The van der Waals surface area contributed by atoms with Gasteiger partial charge in [-0.3, -0.25) is 14.6 Å². The Morgan fingerprint density at radius 3 is 2.70 bits per heavy atom. The number of nitrogens with zero attached hydrogens (tertiary/aromatic N) is 3. The molecule has 0 saturated carbocycles. The van der Waals surface area contributed by atoms with E-state index in [-0.39, 0.29) is 6.04 Å². The Balaban J connectivity index is 2.10. The molecule has 3 aromatic heterocycles. The van der Waals surface area contributed by atoms with Gasteiger partial charge in [-0.2, -0.15) is 5.10 Å². The molecule has 0 aliphatic carbocycles. The van der Waals surface area contributed by atoms with Crippen LogP contribution in [0.5, 0.6) is 0 Å². The zero-order valence-corrected chi connectivity index (χ0v) is 13.0. The van der Waals surface area contributed by atoms with E-state index in [1.165, 1.54) is 0 Å². The lowest BCUT2D eigenvalue weighted by molar-refractivity contribution is 0.646. The summed E-state index contributed by atoms with van der Waals surface area (Å²) in [6.45, 7) is 2.08. The first-order chi connectivity index (χ1) is 9.66. The van der Waals surface area contributed by atoms with Crippen LogP contribution in [0.1, 0.15) is 17.8 Å². The molecule has 0 bridgehead atoms. The number of aromatic nitrogens is 4. The number of H-pyrrole nitrogens is 1. The molecule has 0 amide bonds. The van der Waals surface area contributed by atoms with E-state index in [1.54, 1.807) is 23.7 Å². The van der Waals surface area contributed by atoms with Crippen LogP contribution in [0.4, 0.5) is 0 Å². The molecule has 3 aromatic rings. The molecule has 4 nitrogen and oxygen atoms in total. The van der Waals surface area contributed by atoms with Crippen molar-refractivity contribution < 1.29 is 0 Å². The lowest BCUT2D eigenvalue weighted by Crippen LogP contribution is -2.07. The Hall–Kier alpha value is -1.50. The number of nitrogens with one attached hydrogen (secondary N) is 1. The Labute approximate surface area is 130 Å². The van der Waals surface area contributed by atoms with Gasteiger partial charge in [0.25, 0.3) is 0 Å². The van der Waals surface area contributed by atoms with Crippen molar-refractivity contribution in [3.63, 3.8) is 0 Å². The third-order valence-electron chi connectivity index (χ3n) is 3.04. The minimum absolute atomic E-state index is 0.0712. The number of hydrogen-bond acceptors (Lipinski definition) is 4. The van der Waals surface area contributed by atoms with Crippen molar-refractivity contribution in [2.24, 2.45) is 0 Å². The van der Waals surface area contributed by atoms with E-state index in [9.17, 15) is 0 Å². The second kappa shape index (κ2) is 5.47. The molecule has 0 aromatic carbocycles. The monoisotopic (exact) mass is 322 g/mol. The minimum Gasteiger partial charge on any atom is -0.292 e. The molecule has 7 heteroatoms. The SMILES string of the molecule is CC(c1ccc(Cl)s1)n1c(-c2ccncc2)n[nH]c1=S. The average molecular weight is 323 g/mol. The second-order valence-electron chi connectivity index (χ2n) is 4.28. The first-order valence-corrected chi connectivity index (χ1v) is 7.59. The molecule has 1 unspecified atom stereocenters. The van der Waals surface area contributed by atoms with Crippen molar-refractivity contribution in [2.75, 3.05) is 0 Å². The van der Waals surface area contributed by atoms with Gasteiger partial charge < -0.3 is 0 Å².